The van der Waals surface area contributed by atoms with Crippen molar-refractivity contribution in [3.63, 3.8) is 0 Å². The Kier molecular flexibility index (Phi) is 10.9. The van der Waals surface area contributed by atoms with Crippen molar-refractivity contribution < 1.29 is 33.7 Å². The number of hydrogen-bond acceptors (Lipinski definition) is 7. The summed E-state index contributed by atoms with van der Waals surface area (Å²) in [5.74, 6) is -1.93. The van der Waals surface area contributed by atoms with E-state index in [0.717, 1.165) is 38.5 Å². The summed E-state index contributed by atoms with van der Waals surface area (Å²) in [6, 6.07) is 4.42. The highest BCUT2D eigenvalue weighted by atomic mass is 16.6. The second-order valence-electron chi connectivity index (χ2n) is 11.7. The number of rotatable bonds is 13. The minimum atomic E-state index is -1.05. The SMILES string of the molecule is C[C@@H](CNC(=O)OC(C)(C)C)OC(=O)C[C@@H](CCOC1CC(CCc2ccc3c(n2)CCCC3)C1)C(=O)O. The maximum Gasteiger partial charge on any atom is 0.407 e. The van der Waals surface area contributed by atoms with Gasteiger partial charge in [-0.2, -0.15) is 0 Å². The van der Waals surface area contributed by atoms with Crippen LogP contribution in [0.15, 0.2) is 12.1 Å². The summed E-state index contributed by atoms with van der Waals surface area (Å²) in [6.07, 6.45) is 7.74. The van der Waals surface area contributed by atoms with Gasteiger partial charge >= 0.3 is 18.0 Å². The monoisotopic (exact) mass is 532 g/mol. The van der Waals surface area contributed by atoms with Gasteiger partial charge in [0.1, 0.15) is 11.7 Å². The standard InChI is InChI=1S/C29H44N2O7/c1-19(18-30-28(35)38-29(2,3)4)37-26(32)17-22(27(33)34)13-14-36-24-15-20(16-24)9-11-23-12-10-21-7-5-6-8-25(21)31-23/h10,12,19-20,22,24H,5-9,11,13-18H2,1-4H3,(H,30,35)(H,33,34)/t19-,20?,22+,24?/m0/s1. The first-order valence-electron chi connectivity index (χ1n) is 14.0. The van der Waals surface area contributed by atoms with E-state index in [0.29, 0.717) is 12.5 Å². The van der Waals surface area contributed by atoms with Crippen molar-refractivity contribution in [2.45, 2.75) is 110 Å². The molecule has 2 aliphatic rings. The zero-order chi connectivity index (χ0) is 27.7. The van der Waals surface area contributed by atoms with Crippen molar-refractivity contribution in [2.24, 2.45) is 11.8 Å². The van der Waals surface area contributed by atoms with Crippen molar-refractivity contribution in [3.05, 3.63) is 29.1 Å². The number of hydrogen-bond donors (Lipinski definition) is 2. The molecular formula is C29H44N2O7. The first kappa shape index (κ1) is 29.9. The molecule has 2 N–H and O–H groups in total. The van der Waals surface area contributed by atoms with Crippen LogP contribution in [0.1, 0.15) is 89.6 Å². The summed E-state index contributed by atoms with van der Waals surface area (Å²) in [7, 11) is 0. The van der Waals surface area contributed by atoms with Crippen LogP contribution in [-0.2, 0) is 43.1 Å². The van der Waals surface area contributed by atoms with Gasteiger partial charge in [0.25, 0.3) is 0 Å². The number of carboxylic acids is 1. The van der Waals surface area contributed by atoms with Gasteiger partial charge in [-0.15, -0.1) is 0 Å². The number of nitrogens with zero attached hydrogens (tertiary/aromatic N) is 1. The summed E-state index contributed by atoms with van der Waals surface area (Å²) < 4.78 is 16.3. The number of aliphatic carboxylic acids is 1. The van der Waals surface area contributed by atoms with E-state index in [1.165, 1.54) is 29.8 Å². The van der Waals surface area contributed by atoms with Gasteiger partial charge in [-0.3, -0.25) is 14.6 Å². The molecule has 9 nitrogen and oxygen atoms in total. The van der Waals surface area contributed by atoms with Crippen LogP contribution >= 0.6 is 0 Å². The number of carboxylic acid groups (broad SMARTS) is 1. The maximum atomic E-state index is 12.2. The fourth-order valence-corrected chi connectivity index (χ4v) is 4.91. The largest absolute Gasteiger partial charge is 0.481 e. The van der Waals surface area contributed by atoms with Crippen LogP contribution < -0.4 is 5.32 Å². The highest BCUT2D eigenvalue weighted by molar-refractivity contribution is 5.78. The number of fused-ring (bicyclic) bond motifs is 1. The normalized spacial score (nSPS) is 20.4. The van der Waals surface area contributed by atoms with Gasteiger partial charge in [-0.25, -0.2) is 4.79 Å². The lowest BCUT2D eigenvalue weighted by atomic mass is 9.79. The average Bonchev–Trinajstić information content (AvgIpc) is 2.81. The predicted molar refractivity (Wildman–Crippen MR) is 142 cm³/mol. The highest BCUT2D eigenvalue weighted by Gasteiger charge is 2.30. The number of aromatic nitrogens is 1. The van der Waals surface area contributed by atoms with E-state index in [2.05, 4.69) is 17.4 Å². The van der Waals surface area contributed by atoms with Gasteiger partial charge in [0.05, 0.1) is 25.0 Å². The van der Waals surface area contributed by atoms with Crippen molar-refractivity contribution in [1.29, 1.82) is 0 Å². The minimum Gasteiger partial charge on any atom is -0.481 e. The zero-order valence-electron chi connectivity index (χ0n) is 23.3. The van der Waals surface area contributed by atoms with E-state index in [9.17, 15) is 19.5 Å². The Bertz CT molecular complexity index is 953. The molecule has 1 amide bonds. The van der Waals surface area contributed by atoms with Crippen molar-refractivity contribution in [3.8, 4) is 0 Å². The van der Waals surface area contributed by atoms with E-state index >= 15 is 0 Å². The molecule has 1 saturated carbocycles. The Labute approximate surface area is 226 Å². The Morgan fingerprint density at radius 2 is 1.89 bits per heavy atom. The second-order valence-corrected chi connectivity index (χ2v) is 11.7. The first-order chi connectivity index (χ1) is 18.0. The fraction of sp³-hybridized carbons (Fsp3) is 0.724. The summed E-state index contributed by atoms with van der Waals surface area (Å²) >= 11 is 0. The molecule has 0 spiro atoms. The van der Waals surface area contributed by atoms with Crippen molar-refractivity contribution in [1.82, 2.24) is 10.3 Å². The Morgan fingerprint density at radius 3 is 2.61 bits per heavy atom. The van der Waals surface area contributed by atoms with Crippen molar-refractivity contribution in [2.75, 3.05) is 13.2 Å². The number of pyridine rings is 1. The minimum absolute atomic E-state index is 0.0763. The number of alkyl carbamates (subject to hydrolysis) is 1. The van der Waals surface area contributed by atoms with Crippen LogP contribution in [0.4, 0.5) is 4.79 Å². The predicted octanol–water partition coefficient (Wildman–Crippen LogP) is 4.63. The Morgan fingerprint density at radius 1 is 1.16 bits per heavy atom. The van der Waals surface area contributed by atoms with Crippen LogP contribution in [0.2, 0.25) is 0 Å². The molecule has 9 heteroatoms. The molecule has 212 valence electrons. The molecule has 1 fully saturated rings. The Hall–Kier alpha value is -2.68. The molecule has 2 atom stereocenters. The van der Waals surface area contributed by atoms with E-state index in [4.69, 9.17) is 19.2 Å². The van der Waals surface area contributed by atoms with Gasteiger partial charge < -0.3 is 24.6 Å². The van der Waals surface area contributed by atoms with Crippen LogP contribution in [0.3, 0.4) is 0 Å². The lowest BCUT2D eigenvalue weighted by Crippen LogP contribution is -2.37. The molecule has 3 rings (SSSR count). The number of carbonyl (C=O) groups excluding carboxylic acids is 2. The van der Waals surface area contributed by atoms with Gasteiger partial charge in [0, 0.05) is 18.0 Å². The second kappa shape index (κ2) is 13.9. The first-order valence-corrected chi connectivity index (χ1v) is 14.0. The van der Waals surface area contributed by atoms with Crippen LogP contribution in [-0.4, -0.2) is 59.1 Å². The number of ether oxygens (including phenoxy) is 3. The summed E-state index contributed by atoms with van der Waals surface area (Å²) in [5.41, 5.74) is 3.25. The molecule has 1 heterocycles. The van der Waals surface area contributed by atoms with E-state index in [1.54, 1.807) is 27.7 Å². The Balaban J connectivity index is 1.28. The van der Waals surface area contributed by atoms with E-state index in [1.807, 2.05) is 0 Å². The summed E-state index contributed by atoms with van der Waals surface area (Å²) in [6.45, 7) is 7.26. The molecule has 0 saturated heterocycles. The van der Waals surface area contributed by atoms with Gasteiger partial charge in [0.15, 0.2) is 0 Å². The van der Waals surface area contributed by atoms with Crippen LogP contribution in [0.25, 0.3) is 0 Å². The van der Waals surface area contributed by atoms with Crippen LogP contribution in [0.5, 0.6) is 0 Å². The number of carbonyl (C=O) groups is 3. The van der Waals surface area contributed by atoms with E-state index < -0.39 is 35.7 Å². The molecule has 0 unspecified atom stereocenters. The molecule has 0 bridgehead atoms. The molecule has 0 aliphatic heterocycles. The molecular weight excluding hydrogens is 488 g/mol. The van der Waals surface area contributed by atoms with Crippen LogP contribution in [0, 0.1) is 11.8 Å². The van der Waals surface area contributed by atoms with Gasteiger partial charge in [-0.1, -0.05) is 6.07 Å². The lowest BCUT2D eigenvalue weighted by Gasteiger charge is -2.35. The van der Waals surface area contributed by atoms with Crippen molar-refractivity contribution >= 4 is 18.0 Å². The number of amides is 1. The fourth-order valence-electron chi connectivity index (χ4n) is 4.91. The summed E-state index contributed by atoms with van der Waals surface area (Å²) in [5, 5.41) is 12.1. The molecule has 38 heavy (non-hydrogen) atoms. The topological polar surface area (TPSA) is 124 Å². The third kappa shape index (κ3) is 10.2. The summed E-state index contributed by atoms with van der Waals surface area (Å²) in [4.78, 5) is 40.5. The molecule has 0 aromatic carbocycles. The van der Waals surface area contributed by atoms with E-state index in [-0.39, 0.29) is 25.5 Å². The highest BCUT2D eigenvalue weighted by Crippen LogP contribution is 2.34. The van der Waals surface area contributed by atoms with Gasteiger partial charge in [0.2, 0.25) is 0 Å². The van der Waals surface area contributed by atoms with Gasteiger partial charge in [-0.05, 0) is 103 Å². The zero-order valence-corrected chi connectivity index (χ0v) is 23.3. The number of aryl methyl sites for hydroxylation is 3. The quantitative estimate of drug-likeness (QED) is 0.353. The maximum absolute atomic E-state index is 12.2. The molecule has 1 aromatic heterocycles. The molecule has 2 aliphatic carbocycles. The number of nitrogens with one attached hydrogen (secondary N) is 1. The average molecular weight is 533 g/mol. The lowest BCUT2D eigenvalue weighted by molar-refractivity contribution is -0.155. The number of esters is 1. The molecule has 1 aromatic rings. The third-order valence-electron chi connectivity index (χ3n) is 7.08. The third-order valence-corrected chi connectivity index (χ3v) is 7.08. The molecule has 0 radical (unpaired) electrons. The smallest absolute Gasteiger partial charge is 0.407 e.